The molecule has 0 amide bonds. The topological polar surface area (TPSA) is 68.1 Å². The van der Waals surface area contributed by atoms with Gasteiger partial charge in [-0.05, 0) is 62.3 Å². The van der Waals surface area contributed by atoms with E-state index in [0.717, 1.165) is 43.8 Å². The Bertz CT molecular complexity index is 950. The molecule has 3 aliphatic rings. The monoisotopic (exact) mass is 358 g/mol. The summed E-state index contributed by atoms with van der Waals surface area (Å²) in [4.78, 5) is 0.458. The highest BCUT2D eigenvalue weighted by molar-refractivity contribution is 7.89. The molecule has 2 aromatic rings. The van der Waals surface area contributed by atoms with Crippen LogP contribution in [0.25, 0.3) is 0 Å². The van der Waals surface area contributed by atoms with Gasteiger partial charge >= 0.3 is 0 Å². The Morgan fingerprint density at radius 3 is 2.76 bits per heavy atom. The van der Waals surface area contributed by atoms with Crippen molar-refractivity contribution < 1.29 is 8.42 Å². The van der Waals surface area contributed by atoms with E-state index >= 15 is 0 Å². The smallest absolute Gasteiger partial charge is 0.243 e. The molecule has 1 aliphatic carbocycles. The highest BCUT2D eigenvalue weighted by atomic mass is 32.2. The maximum absolute atomic E-state index is 13.4. The molecule has 0 unspecified atom stereocenters. The third-order valence-corrected chi connectivity index (χ3v) is 8.02. The largest absolute Gasteiger partial charge is 0.314 e. The summed E-state index contributed by atoms with van der Waals surface area (Å²) >= 11 is 0. The summed E-state index contributed by atoms with van der Waals surface area (Å²) in [6.07, 6.45) is 5.65. The van der Waals surface area contributed by atoms with Crippen molar-refractivity contribution in [1.82, 2.24) is 19.1 Å². The van der Waals surface area contributed by atoms with Gasteiger partial charge in [0.1, 0.15) is 11.6 Å². The van der Waals surface area contributed by atoms with Crippen LogP contribution in [0.5, 0.6) is 0 Å². The molecule has 132 valence electrons. The molecule has 1 fully saturated rings. The van der Waals surface area contributed by atoms with Crippen LogP contribution in [-0.4, -0.2) is 39.6 Å². The Morgan fingerprint density at radius 1 is 1.08 bits per heavy atom. The second kappa shape index (κ2) is 5.38. The van der Waals surface area contributed by atoms with Gasteiger partial charge < -0.3 is 4.57 Å². The molecule has 2 atom stereocenters. The van der Waals surface area contributed by atoms with Crippen LogP contribution in [0.3, 0.4) is 0 Å². The molecule has 3 heterocycles. The predicted molar refractivity (Wildman–Crippen MR) is 92.8 cm³/mol. The zero-order chi connectivity index (χ0) is 17.2. The van der Waals surface area contributed by atoms with Crippen LogP contribution >= 0.6 is 0 Å². The van der Waals surface area contributed by atoms with E-state index in [-0.39, 0.29) is 12.1 Å². The zero-order valence-electron chi connectivity index (χ0n) is 14.4. The van der Waals surface area contributed by atoms with E-state index < -0.39 is 10.0 Å². The van der Waals surface area contributed by atoms with Crippen molar-refractivity contribution in [2.24, 2.45) is 0 Å². The first kappa shape index (κ1) is 15.5. The quantitative estimate of drug-likeness (QED) is 0.822. The number of aryl methyl sites for hydroxylation is 3. The molecule has 7 heteroatoms. The SMILES string of the molecule is Cc1nnc2n1C[C@H]1CC[C@@H](C2)N1S(=O)(=O)c1ccc2c(c1)CCC2. The van der Waals surface area contributed by atoms with E-state index in [4.69, 9.17) is 0 Å². The number of fused-ring (bicyclic) bond motifs is 4. The Hall–Kier alpha value is -1.73. The zero-order valence-corrected chi connectivity index (χ0v) is 15.2. The third-order valence-electron chi connectivity index (χ3n) is 6.02. The summed E-state index contributed by atoms with van der Waals surface area (Å²) in [5.41, 5.74) is 2.51. The van der Waals surface area contributed by atoms with E-state index in [9.17, 15) is 8.42 Å². The number of rotatable bonds is 2. The summed E-state index contributed by atoms with van der Waals surface area (Å²) in [7, 11) is -3.48. The molecule has 0 spiro atoms. The van der Waals surface area contributed by atoms with Gasteiger partial charge in [-0.2, -0.15) is 4.31 Å². The van der Waals surface area contributed by atoms with E-state index in [2.05, 4.69) is 14.8 Å². The maximum atomic E-state index is 13.4. The number of aromatic nitrogens is 3. The van der Waals surface area contributed by atoms with Crippen molar-refractivity contribution in [3.63, 3.8) is 0 Å². The van der Waals surface area contributed by atoms with Crippen molar-refractivity contribution in [1.29, 1.82) is 0 Å². The number of nitrogens with zero attached hydrogens (tertiary/aromatic N) is 4. The summed E-state index contributed by atoms with van der Waals surface area (Å²) < 4.78 is 30.7. The highest BCUT2D eigenvalue weighted by Gasteiger charge is 2.45. The van der Waals surface area contributed by atoms with Gasteiger partial charge in [0.25, 0.3) is 0 Å². The summed E-state index contributed by atoms with van der Waals surface area (Å²) in [5, 5.41) is 8.43. The fourth-order valence-electron chi connectivity index (χ4n) is 4.76. The van der Waals surface area contributed by atoms with Crippen LogP contribution in [0.15, 0.2) is 23.1 Å². The number of hydrogen-bond acceptors (Lipinski definition) is 4. The van der Waals surface area contributed by atoms with Crippen molar-refractivity contribution in [3.8, 4) is 0 Å². The minimum atomic E-state index is -3.48. The second-order valence-corrected chi connectivity index (χ2v) is 9.33. The molecule has 0 saturated carbocycles. The number of hydrogen-bond donors (Lipinski definition) is 0. The van der Waals surface area contributed by atoms with Gasteiger partial charge in [-0.1, -0.05) is 6.07 Å². The van der Waals surface area contributed by atoms with Gasteiger partial charge in [-0.15, -0.1) is 10.2 Å². The first-order valence-electron chi connectivity index (χ1n) is 9.08. The molecule has 1 aromatic carbocycles. The van der Waals surface area contributed by atoms with Crippen molar-refractivity contribution in [3.05, 3.63) is 41.0 Å². The van der Waals surface area contributed by atoms with E-state index in [0.29, 0.717) is 17.9 Å². The fraction of sp³-hybridized carbons (Fsp3) is 0.556. The van der Waals surface area contributed by atoms with Crippen LogP contribution in [0.1, 0.15) is 42.0 Å². The average molecular weight is 358 g/mol. The first-order chi connectivity index (χ1) is 12.0. The molecule has 2 bridgehead atoms. The molecule has 6 nitrogen and oxygen atoms in total. The Labute approximate surface area is 147 Å². The molecule has 25 heavy (non-hydrogen) atoms. The molecular formula is C18H22N4O2S. The van der Waals surface area contributed by atoms with Crippen LogP contribution in [0.4, 0.5) is 0 Å². The molecule has 1 aromatic heterocycles. The molecule has 5 rings (SSSR count). The Morgan fingerprint density at radius 2 is 1.88 bits per heavy atom. The lowest BCUT2D eigenvalue weighted by Gasteiger charge is -2.27. The Balaban J connectivity index is 1.54. The summed E-state index contributed by atoms with van der Waals surface area (Å²) in [6.45, 7) is 2.60. The van der Waals surface area contributed by atoms with Gasteiger partial charge in [0.05, 0.1) is 4.90 Å². The van der Waals surface area contributed by atoms with E-state index in [1.807, 2.05) is 19.1 Å². The van der Waals surface area contributed by atoms with Crippen LogP contribution in [0.2, 0.25) is 0 Å². The normalized spacial score (nSPS) is 25.6. The predicted octanol–water partition coefficient (Wildman–Crippen LogP) is 1.85. The fourth-order valence-corrected chi connectivity index (χ4v) is 6.67. The van der Waals surface area contributed by atoms with Crippen molar-refractivity contribution in [2.45, 2.75) is 69.0 Å². The van der Waals surface area contributed by atoms with E-state index in [1.165, 1.54) is 11.1 Å². The summed E-state index contributed by atoms with van der Waals surface area (Å²) in [5.74, 6) is 1.79. The minimum absolute atomic E-state index is 0.000736. The number of sulfonamides is 1. The van der Waals surface area contributed by atoms with Crippen molar-refractivity contribution >= 4 is 10.0 Å². The van der Waals surface area contributed by atoms with Gasteiger partial charge in [-0.3, -0.25) is 0 Å². The minimum Gasteiger partial charge on any atom is -0.314 e. The van der Waals surface area contributed by atoms with Crippen molar-refractivity contribution in [2.75, 3.05) is 0 Å². The summed E-state index contributed by atoms with van der Waals surface area (Å²) in [6, 6.07) is 5.71. The lowest BCUT2D eigenvalue weighted by Crippen LogP contribution is -2.42. The Kier molecular flexibility index (Phi) is 3.34. The maximum Gasteiger partial charge on any atom is 0.243 e. The number of benzene rings is 1. The van der Waals surface area contributed by atoms with Gasteiger partial charge in [0, 0.05) is 25.0 Å². The van der Waals surface area contributed by atoms with E-state index in [1.54, 1.807) is 10.4 Å². The van der Waals surface area contributed by atoms with Crippen LogP contribution < -0.4 is 0 Å². The highest BCUT2D eigenvalue weighted by Crippen LogP contribution is 2.37. The molecular weight excluding hydrogens is 336 g/mol. The lowest BCUT2D eigenvalue weighted by atomic mass is 10.1. The second-order valence-electron chi connectivity index (χ2n) is 7.48. The molecule has 0 radical (unpaired) electrons. The van der Waals surface area contributed by atoms with Gasteiger partial charge in [0.2, 0.25) is 10.0 Å². The lowest BCUT2D eigenvalue weighted by molar-refractivity contribution is 0.314. The molecule has 2 aliphatic heterocycles. The van der Waals surface area contributed by atoms with Gasteiger partial charge in [-0.25, -0.2) is 8.42 Å². The average Bonchev–Trinajstić information content (AvgIpc) is 3.25. The van der Waals surface area contributed by atoms with Gasteiger partial charge in [0.15, 0.2) is 0 Å². The van der Waals surface area contributed by atoms with Crippen LogP contribution in [0, 0.1) is 6.92 Å². The molecule has 1 saturated heterocycles. The first-order valence-corrected chi connectivity index (χ1v) is 10.5. The van der Waals surface area contributed by atoms with Crippen LogP contribution in [-0.2, 0) is 35.8 Å². The third kappa shape index (κ3) is 2.29. The standard InChI is InChI=1S/C18H22N4O2S/c1-12-19-20-18-10-15-6-7-16(11-21(12)18)22(15)25(23,24)17-8-5-13-3-2-4-14(13)9-17/h5,8-9,15-16H,2-4,6-7,10-11H2,1H3/t15-,16+/m0/s1. The molecule has 0 N–H and O–H groups in total.